The van der Waals surface area contributed by atoms with Gasteiger partial charge < -0.3 is 26.4 Å². The Balaban J connectivity index is 1.30. The van der Waals surface area contributed by atoms with Crippen LogP contribution in [0, 0.1) is 10.1 Å². The van der Waals surface area contributed by atoms with Crippen molar-refractivity contribution in [2.24, 2.45) is 0 Å². The predicted octanol–water partition coefficient (Wildman–Crippen LogP) is 1.78. The molecule has 0 radical (unpaired) electrons. The number of pyridine rings is 1. The molecule has 3 heterocycles. The Morgan fingerprint density at radius 3 is 2.78 bits per heavy atom. The number of carboxylic acid groups (broad SMARTS) is 1. The van der Waals surface area contributed by atoms with Crippen molar-refractivity contribution in [3.63, 3.8) is 0 Å². The van der Waals surface area contributed by atoms with Gasteiger partial charge in [0, 0.05) is 48.5 Å². The van der Waals surface area contributed by atoms with Crippen LogP contribution in [-0.2, 0) is 9.59 Å². The van der Waals surface area contributed by atoms with Gasteiger partial charge in [-0.15, -0.1) is 0 Å². The summed E-state index contributed by atoms with van der Waals surface area (Å²) < 4.78 is 0. The summed E-state index contributed by atoms with van der Waals surface area (Å²) in [5, 5.41) is 31.6. The molecular weight excluding hydrogens is 544 g/mol. The molecule has 0 spiro atoms. The number of fused-ring (bicyclic) bond motifs is 1. The minimum atomic E-state index is -1.07. The fraction of sp³-hybridized carbons (Fsp3) is 0.571. The van der Waals surface area contributed by atoms with E-state index in [1.54, 1.807) is 0 Å². The van der Waals surface area contributed by atoms with Crippen molar-refractivity contribution in [3.05, 3.63) is 27.9 Å². The standard InChI is InChI=1S/C21H28N6O7S3/c28-16(4-2-1-3-15-18-13(11-35-15)25-21(32)26-18)22-7-8-36-37-20-14(27(33)34)9-12(10-24-20)19(31)23-6-5-17(29)30/h9-10,13,15,18H,1-8,11H2,(H,22,28)(H,23,31)(H,29,30)(H2,25,26,32)/t13-,15-,18-/m0/s1. The fourth-order valence-electron chi connectivity index (χ4n) is 3.84. The first-order valence-corrected chi connectivity index (χ1v) is 15.0. The number of rotatable bonds is 15. The molecule has 37 heavy (non-hydrogen) atoms. The third-order valence-electron chi connectivity index (χ3n) is 5.64. The van der Waals surface area contributed by atoms with Crippen LogP contribution < -0.4 is 21.3 Å². The lowest BCUT2D eigenvalue weighted by Crippen LogP contribution is -2.36. The number of carbonyl (C=O) groups is 4. The van der Waals surface area contributed by atoms with Crippen LogP contribution in [0.5, 0.6) is 0 Å². The maximum absolute atomic E-state index is 12.1. The molecule has 1 aromatic heterocycles. The molecule has 0 aromatic carbocycles. The van der Waals surface area contributed by atoms with Crippen LogP contribution in [0.15, 0.2) is 17.3 Å². The van der Waals surface area contributed by atoms with Crippen molar-refractivity contribution < 1.29 is 29.2 Å². The first-order chi connectivity index (χ1) is 17.7. The van der Waals surface area contributed by atoms with Gasteiger partial charge in [0.1, 0.15) is 0 Å². The van der Waals surface area contributed by atoms with E-state index in [1.807, 2.05) is 11.8 Å². The van der Waals surface area contributed by atoms with E-state index >= 15 is 0 Å². The third kappa shape index (κ3) is 8.96. The Morgan fingerprint density at radius 2 is 2.03 bits per heavy atom. The van der Waals surface area contributed by atoms with Crippen LogP contribution in [0.3, 0.4) is 0 Å². The zero-order valence-electron chi connectivity index (χ0n) is 19.8. The van der Waals surface area contributed by atoms with E-state index < -0.39 is 16.8 Å². The van der Waals surface area contributed by atoms with E-state index in [1.165, 1.54) is 17.0 Å². The minimum Gasteiger partial charge on any atom is -0.481 e. The minimum absolute atomic E-state index is 0.0327. The van der Waals surface area contributed by atoms with E-state index in [0.29, 0.717) is 24.0 Å². The highest BCUT2D eigenvalue weighted by Gasteiger charge is 2.42. The topological polar surface area (TPSA) is 193 Å². The van der Waals surface area contributed by atoms with Crippen molar-refractivity contribution >= 4 is 62.9 Å². The summed E-state index contributed by atoms with van der Waals surface area (Å²) in [6, 6.07) is 1.37. The molecule has 5 N–H and O–H groups in total. The number of urea groups is 1. The van der Waals surface area contributed by atoms with E-state index in [0.717, 1.165) is 41.9 Å². The second-order valence-corrected chi connectivity index (χ2v) is 12.0. The van der Waals surface area contributed by atoms with Gasteiger partial charge in [-0.25, -0.2) is 9.78 Å². The summed E-state index contributed by atoms with van der Waals surface area (Å²) in [4.78, 5) is 60.9. The first-order valence-electron chi connectivity index (χ1n) is 11.6. The van der Waals surface area contributed by atoms with Gasteiger partial charge in [0.05, 0.1) is 29.0 Å². The Kier molecular flexibility index (Phi) is 11.1. The summed E-state index contributed by atoms with van der Waals surface area (Å²) in [6.45, 7) is 0.298. The molecule has 2 fully saturated rings. The molecule has 13 nitrogen and oxygen atoms in total. The Morgan fingerprint density at radius 1 is 1.22 bits per heavy atom. The largest absolute Gasteiger partial charge is 0.481 e. The van der Waals surface area contributed by atoms with Gasteiger partial charge in [-0.1, -0.05) is 17.2 Å². The lowest BCUT2D eigenvalue weighted by atomic mass is 10.0. The molecule has 3 rings (SSSR count). The van der Waals surface area contributed by atoms with Gasteiger partial charge in [0.15, 0.2) is 5.03 Å². The molecule has 2 aliphatic rings. The summed E-state index contributed by atoms with van der Waals surface area (Å²) in [7, 11) is 2.37. The van der Waals surface area contributed by atoms with Gasteiger partial charge in [-0.3, -0.25) is 24.5 Å². The number of unbranched alkanes of at least 4 members (excludes halogenated alkanes) is 1. The number of nitrogens with one attached hydrogen (secondary N) is 4. The number of thioether (sulfide) groups is 1. The first kappa shape index (κ1) is 28.8. The molecule has 202 valence electrons. The van der Waals surface area contributed by atoms with Crippen molar-refractivity contribution in [1.29, 1.82) is 0 Å². The number of hydrogen-bond acceptors (Lipinski definition) is 10. The number of nitrogens with zero attached hydrogens (tertiary/aromatic N) is 2. The molecule has 2 saturated heterocycles. The zero-order valence-corrected chi connectivity index (χ0v) is 22.2. The second kappa shape index (κ2) is 14.3. The smallest absolute Gasteiger partial charge is 0.315 e. The maximum Gasteiger partial charge on any atom is 0.315 e. The number of nitro groups is 1. The number of aliphatic carboxylic acids is 1. The molecule has 2 aliphatic heterocycles. The zero-order chi connectivity index (χ0) is 26.8. The lowest BCUT2D eigenvalue weighted by molar-refractivity contribution is -0.388. The van der Waals surface area contributed by atoms with Crippen molar-refractivity contribution in [2.75, 3.05) is 24.6 Å². The van der Waals surface area contributed by atoms with E-state index in [-0.39, 0.29) is 53.3 Å². The highest BCUT2D eigenvalue weighted by atomic mass is 33.1. The second-order valence-electron chi connectivity index (χ2n) is 8.33. The van der Waals surface area contributed by atoms with E-state index in [9.17, 15) is 29.3 Å². The molecular formula is C21H28N6O7S3. The average Bonchev–Trinajstić information content (AvgIpc) is 3.40. The molecule has 1 aromatic rings. The van der Waals surface area contributed by atoms with Crippen LogP contribution in [0.1, 0.15) is 42.5 Å². The lowest BCUT2D eigenvalue weighted by Gasteiger charge is -2.16. The molecule has 0 aliphatic carbocycles. The summed E-state index contributed by atoms with van der Waals surface area (Å²) >= 11 is 1.85. The molecule has 3 atom stereocenters. The van der Waals surface area contributed by atoms with Gasteiger partial charge >= 0.3 is 17.7 Å². The molecule has 0 saturated carbocycles. The van der Waals surface area contributed by atoms with Gasteiger partial charge in [0.25, 0.3) is 5.91 Å². The number of hydrogen-bond donors (Lipinski definition) is 5. The Labute approximate surface area is 225 Å². The van der Waals surface area contributed by atoms with Crippen LogP contribution in [-0.4, -0.2) is 80.8 Å². The van der Waals surface area contributed by atoms with Gasteiger partial charge in [0.2, 0.25) is 5.91 Å². The Hall–Kier alpha value is -2.72. The van der Waals surface area contributed by atoms with Crippen molar-refractivity contribution in [3.8, 4) is 0 Å². The van der Waals surface area contributed by atoms with Crippen LogP contribution in [0.25, 0.3) is 0 Å². The van der Waals surface area contributed by atoms with E-state index in [4.69, 9.17) is 5.11 Å². The van der Waals surface area contributed by atoms with Crippen LogP contribution in [0.2, 0.25) is 0 Å². The quantitative estimate of drug-likeness (QED) is 0.0676. The predicted molar refractivity (Wildman–Crippen MR) is 141 cm³/mol. The van der Waals surface area contributed by atoms with Gasteiger partial charge in [-0.05, 0) is 23.6 Å². The molecule has 16 heteroatoms. The summed E-state index contributed by atoms with van der Waals surface area (Å²) in [5.41, 5.74) is -0.359. The molecule has 0 bridgehead atoms. The third-order valence-corrected chi connectivity index (χ3v) is 9.44. The number of carbonyl (C=O) groups excluding carboxylic acids is 3. The van der Waals surface area contributed by atoms with Crippen molar-refractivity contribution in [1.82, 2.24) is 26.3 Å². The normalized spacial score (nSPS) is 20.0. The van der Waals surface area contributed by atoms with Crippen LogP contribution in [0.4, 0.5) is 10.5 Å². The fourth-order valence-corrected chi connectivity index (χ4v) is 7.30. The maximum atomic E-state index is 12.1. The summed E-state index contributed by atoms with van der Waals surface area (Å²) in [6.07, 6.45) is 3.96. The molecule has 4 amide bonds. The summed E-state index contributed by atoms with van der Waals surface area (Å²) in [5.74, 6) is -0.351. The highest BCUT2D eigenvalue weighted by Crippen LogP contribution is 2.36. The average molecular weight is 573 g/mol. The van der Waals surface area contributed by atoms with Crippen LogP contribution >= 0.6 is 33.3 Å². The number of amides is 4. The van der Waals surface area contributed by atoms with Gasteiger partial charge in [-0.2, -0.15) is 11.8 Å². The van der Waals surface area contributed by atoms with E-state index in [2.05, 4.69) is 26.3 Å². The SMILES string of the molecule is O=C(O)CCNC(=O)c1cnc(SSCCNC(=O)CCCC[C@@H]2SC[C@@H]3NC(=O)N[C@@H]32)c([N+](=O)[O-])c1. The number of carboxylic acids is 1. The Bertz CT molecular complexity index is 1030. The highest BCUT2D eigenvalue weighted by molar-refractivity contribution is 8.76. The molecule has 0 unspecified atom stereocenters. The number of aromatic nitrogens is 1. The monoisotopic (exact) mass is 572 g/mol. The van der Waals surface area contributed by atoms with Crippen molar-refractivity contribution in [2.45, 2.75) is 54.5 Å².